The van der Waals surface area contributed by atoms with E-state index in [0.29, 0.717) is 11.3 Å². The summed E-state index contributed by atoms with van der Waals surface area (Å²) in [5, 5.41) is 2.36. The zero-order chi connectivity index (χ0) is 20.4. The van der Waals surface area contributed by atoms with Gasteiger partial charge in [-0.15, -0.1) is 0 Å². The van der Waals surface area contributed by atoms with E-state index in [0.717, 1.165) is 6.07 Å². The average molecular weight is 412 g/mol. The Labute approximate surface area is 162 Å². The first-order valence-corrected chi connectivity index (χ1v) is 9.60. The first kappa shape index (κ1) is 20.9. The molecule has 0 aliphatic carbocycles. The highest BCUT2D eigenvalue weighted by Crippen LogP contribution is 2.23. The number of carbonyl (C=O) groups excluding carboxylic acids is 2. The van der Waals surface area contributed by atoms with Gasteiger partial charge in [0.05, 0.1) is 10.6 Å². The minimum Gasteiger partial charge on any atom is -0.456 e. The second-order valence-electron chi connectivity index (χ2n) is 6.65. The van der Waals surface area contributed by atoms with E-state index in [2.05, 4.69) is 5.32 Å². The molecule has 2 aromatic carbocycles. The molecule has 0 aromatic heterocycles. The summed E-state index contributed by atoms with van der Waals surface area (Å²) in [4.78, 5) is 23.7. The van der Waals surface area contributed by atoms with Crippen LogP contribution >= 0.6 is 11.6 Å². The molecule has 0 saturated carbocycles. The van der Waals surface area contributed by atoms with Crippen LogP contribution < -0.4 is 5.32 Å². The fourth-order valence-electron chi connectivity index (χ4n) is 2.07. The normalized spacial score (nSPS) is 11.7. The minimum atomic E-state index is -4.56. The molecule has 0 atom stereocenters. The van der Waals surface area contributed by atoms with Gasteiger partial charge in [-0.3, -0.25) is 9.35 Å². The highest BCUT2D eigenvalue weighted by Gasteiger charge is 2.19. The van der Waals surface area contributed by atoms with Gasteiger partial charge < -0.3 is 10.1 Å². The second kappa shape index (κ2) is 7.67. The Bertz CT molecular complexity index is 978. The van der Waals surface area contributed by atoms with E-state index in [1.165, 1.54) is 36.4 Å². The summed E-state index contributed by atoms with van der Waals surface area (Å²) >= 11 is 5.72. The fourth-order valence-corrected chi connectivity index (χ4v) is 3.07. The number of halogens is 1. The SMILES string of the molecule is CC(C)(C)OC(=O)c1ccc(NC(=O)c2ccc(Cl)c(S(=O)(=O)O)c2)cc1. The molecule has 0 bridgehead atoms. The van der Waals surface area contributed by atoms with E-state index in [1.807, 2.05) is 0 Å². The Hall–Kier alpha value is -2.42. The highest BCUT2D eigenvalue weighted by molar-refractivity contribution is 7.86. The molecule has 144 valence electrons. The van der Waals surface area contributed by atoms with E-state index in [9.17, 15) is 18.0 Å². The predicted octanol–water partition coefficient (Wildman–Crippen LogP) is 3.79. The standard InChI is InChI=1S/C18H18ClNO6S/c1-18(2,3)26-17(22)11-4-7-13(8-5-11)20-16(21)12-6-9-14(19)15(10-12)27(23,24)25/h4-10H,1-3H3,(H,20,21)(H,23,24,25). The summed E-state index contributed by atoms with van der Waals surface area (Å²) in [7, 11) is -4.56. The molecule has 0 aliphatic rings. The summed E-state index contributed by atoms with van der Waals surface area (Å²) in [5.74, 6) is -1.10. The molecule has 0 aliphatic heterocycles. The Balaban J connectivity index is 2.16. The van der Waals surface area contributed by atoms with Gasteiger partial charge in [-0.25, -0.2) is 4.79 Å². The lowest BCUT2D eigenvalue weighted by Crippen LogP contribution is -2.23. The zero-order valence-corrected chi connectivity index (χ0v) is 16.4. The molecule has 1 amide bonds. The van der Waals surface area contributed by atoms with Gasteiger partial charge in [-0.2, -0.15) is 8.42 Å². The van der Waals surface area contributed by atoms with E-state index in [4.69, 9.17) is 20.9 Å². The molecule has 0 spiro atoms. The molecule has 2 N–H and O–H groups in total. The van der Waals surface area contributed by atoms with Crippen molar-refractivity contribution in [2.75, 3.05) is 5.32 Å². The van der Waals surface area contributed by atoms with Gasteiger partial charge in [0.1, 0.15) is 10.5 Å². The maximum Gasteiger partial charge on any atom is 0.338 e. The van der Waals surface area contributed by atoms with Crippen LogP contribution in [0.1, 0.15) is 41.5 Å². The van der Waals surface area contributed by atoms with Crippen LogP contribution in [0.4, 0.5) is 5.69 Å². The highest BCUT2D eigenvalue weighted by atomic mass is 35.5. The third kappa shape index (κ3) is 5.78. The molecule has 9 heteroatoms. The number of anilines is 1. The molecule has 2 rings (SSSR count). The molecule has 0 radical (unpaired) electrons. The smallest absolute Gasteiger partial charge is 0.338 e. The third-order valence-electron chi connectivity index (χ3n) is 3.25. The quantitative estimate of drug-likeness (QED) is 0.585. The molecule has 0 saturated heterocycles. The Morgan fingerprint density at radius 2 is 1.59 bits per heavy atom. The van der Waals surface area contributed by atoms with E-state index < -0.39 is 32.5 Å². The van der Waals surface area contributed by atoms with Crippen LogP contribution in [0.25, 0.3) is 0 Å². The number of rotatable bonds is 4. The predicted molar refractivity (Wildman–Crippen MR) is 101 cm³/mol. The van der Waals surface area contributed by atoms with E-state index >= 15 is 0 Å². The Morgan fingerprint density at radius 3 is 2.11 bits per heavy atom. The number of hydrogen-bond acceptors (Lipinski definition) is 5. The lowest BCUT2D eigenvalue weighted by atomic mass is 10.1. The van der Waals surface area contributed by atoms with Crippen molar-refractivity contribution in [1.82, 2.24) is 0 Å². The number of amides is 1. The summed E-state index contributed by atoms with van der Waals surface area (Å²) in [6, 6.07) is 9.51. The summed E-state index contributed by atoms with van der Waals surface area (Å²) in [5.41, 5.74) is 0.0746. The van der Waals surface area contributed by atoms with Crippen LogP contribution in [0.15, 0.2) is 47.4 Å². The van der Waals surface area contributed by atoms with Gasteiger partial charge in [0.15, 0.2) is 0 Å². The zero-order valence-electron chi connectivity index (χ0n) is 14.8. The van der Waals surface area contributed by atoms with Crippen LogP contribution in [-0.2, 0) is 14.9 Å². The summed E-state index contributed by atoms with van der Waals surface area (Å²) < 4.78 is 37.0. The Kier molecular flexibility index (Phi) is 5.94. The van der Waals surface area contributed by atoms with Gasteiger partial charge in [0, 0.05) is 11.3 Å². The minimum absolute atomic E-state index is 0.0109. The number of benzene rings is 2. The number of nitrogens with one attached hydrogen (secondary N) is 1. The molecule has 7 nitrogen and oxygen atoms in total. The van der Waals surface area contributed by atoms with Crippen molar-refractivity contribution >= 4 is 39.3 Å². The summed E-state index contributed by atoms with van der Waals surface area (Å²) in [6.07, 6.45) is 0. The van der Waals surface area contributed by atoms with Crippen molar-refractivity contribution in [3.8, 4) is 0 Å². The van der Waals surface area contributed by atoms with Crippen molar-refractivity contribution in [3.63, 3.8) is 0 Å². The number of carbonyl (C=O) groups is 2. The van der Waals surface area contributed by atoms with Gasteiger partial charge in [-0.05, 0) is 63.2 Å². The topological polar surface area (TPSA) is 110 Å². The fraction of sp³-hybridized carbons (Fsp3) is 0.222. The van der Waals surface area contributed by atoms with E-state index in [1.54, 1.807) is 20.8 Å². The van der Waals surface area contributed by atoms with E-state index in [-0.39, 0.29) is 10.6 Å². The first-order valence-electron chi connectivity index (χ1n) is 7.78. The second-order valence-corrected chi connectivity index (χ2v) is 8.45. The van der Waals surface area contributed by atoms with Gasteiger partial charge >= 0.3 is 5.97 Å². The van der Waals surface area contributed by atoms with Crippen molar-refractivity contribution in [1.29, 1.82) is 0 Å². The number of hydrogen-bond donors (Lipinski definition) is 2. The Morgan fingerprint density at radius 1 is 1.04 bits per heavy atom. The molecular weight excluding hydrogens is 394 g/mol. The van der Waals surface area contributed by atoms with Gasteiger partial charge in [-0.1, -0.05) is 11.6 Å². The van der Waals surface area contributed by atoms with Crippen molar-refractivity contribution < 1.29 is 27.3 Å². The van der Waals surface area contributed by atoms with Crippen molar-refractivity contribution in [2.45, 2.75) is 31.3 Å². The van der Waals surface area contributed by atoms with Crippen LogP contribution in [0.5, 0.6) is 0 Å². The third-order valence-corrected chi connectivity index (χ3v) is 4.58. The summed E-state index contributed by atoms with van der Waals surface area (Å²) in [6.45, 7) is 5.27. The maximum atomic E-state index is 12.3. The van der Waals surface area contributed by atoms with Crippen molar-refractivity contribution in [3.05, 3.63) is 58.6 Å². The molecule has 2 aromatic rings. The molecule has 27 heavy (non-hydrogen) atoms. The lowest BCUT2D eigenvalue weighted by molar-refractivity contribution is 0.00694. The lowest BCUT2D eigenvalue weighted by Gasteiger charge is -2.19. The van der Waals surface area contributed by atoms with Crippen LogP contribution in [0, 0.1) is 0 Å². The van der Waals surface area contributed by atoms with Crippen LogP contribution in [-0.4, -0.2) is 30.4 Å². The van der Waals surface area contributed by atoms with Crippen LogP contribution in [0.3, 0.4) is 0 Å². The van der Waals surface area contributed by atoms with Gasteiger partial charge in [0.25, 0.3) is 16.0 Å². The van der Waals surface area contributed by atoms with Gasteiger partial charge in [0.2, 0.25) is 0 Å². The number of ether oxygens (including phenoxy) is 1. The average Bonchev–Trinajstić information content (AvgIpc) is 2.53. The van der Waals surface area contributed by atoms with Crippen LogP contribution in [0.2, 0.25) is 5.02 Å². The maximum absolute atomic E-state index is 12.3. The first-order chi connectivity index (χ1) is 12.4. The number of esters is 1. The monoisotopic (exact) mass is 411 g/mol. The largest absolute Gasteiger partial charge is 0.456 e. The molecular formula is C18H18ClNO6S. The molecule has 0 fully saturated rings. The van der Waals surface area contributed by atoms with Crippen molar-refractivity contribution in [2.24, 2.45) is 0 Å². The molecule has 0 heterocycles. The molecule has 0 unspecified atom stereocenters.